The molecular formula is C6H5F3O2. The second-order valence-electron chi connectivity index (χ2n) is 1.45. The minimum Gasteiger partial charge on any atom is -0.421 e. The molecule has 5 heteroatoms. The molecule has 0 fully saturated rings. The van der Waals surface area contributed by atoms with Gasteiger partial charge in [0, 0.05) is 6.08 Å². The van der Waals surface area contributed by atoms with E-state index in [2.05, 4.69) is 11.3 Å². The minimum atomic E-state index is -2.69. The van der Waals surface area contributed by atoms with E-state index in [1.165, 1.54) is 0 Å². The average molecular weight is 166 g/mol. The predicted molar refractivity (Wildman–Crippen MR) is 31.5 cm³/mol. The highest BCUT2D eigenvalue weighted by Crippen LogP contribution is 2.10. The summed E-state index contributed by atoms with van der Waals surface area (Å²) in [6.07, 6.45) is -2.68. The third-order valence-electron chi connectivity index (χ3n) is 0.707. The Morgan fingerprint density at radius 2 is 2.18 bits per heavy atom. The van der Waals surface area contributed by atoms with Crippen LogP contribution in [-0.2, 0) is 9.53 Å². The standard InChI is InChI=1S/C6H5F3O2/c1-2-5(10)11-6(9)4(8)3-7/h2-3,6H,1H2. The summed E-state index contributed by atoms with van der Waals surface area (Å²) in [5, 5.41) is 0. The molecule has 0 radical (unpaired) electrons. The van der Waals surface area contributed by atoms with E-state index in [9.17, 15) is 18.0 Å². The zero-order chi connectivity index (χ0) is 8.85. The molecule has 0 aromatic rings. The minimum absolute atomic E-state index is 0.624. The van der Waals surface area contributed by atoms with E-state index in [1.54, 1.807) is 0 Å². The van der Waals surface area contributed by atoms with Gasteiger partial charge in [-0.15, -0.1) is 0 Å². The van der Waals surface area contributed by atoms with Crippen LogP contribution in [0.5, 0.6) is 0 Å². The highest BCUT2D eigenvalue weighted by Gasteiger charge is 2.16. The van der Waals surface area contributed by atoms with Gasteiger partial charge in [-0.3, -0.25) is 0 Å². The Kier molecular flexibility index (Phi) is 4.02. The first-order chi connectivity index (χ1) is 5.11. The van der Waals surface area contributed by atoms with E-state index in [1.807, 2.05) is 0 Å². The van der Waals surface area contributed by atoms with E-state index < -0.39 is 24.5 Å². The Morgan fingerprint density at radius 1 is 1.64 bits per heavy atom. The van der Waals surface area contributed by atoms with Gasteiger partial charge in [-0.05, 0) is 0 Å². The number of ether oxygens (including phenoxy) is 1. The van der Waals surface area contributed by atoms with Gasteiger partial charge in [0.05, 0.1) is 0 Å². The second kappa shape index (κ2) is 4.54. The van der Waals surface area contributed by atoms with Crippen LogP contribution in [0.1, 0.15) is 0 Å². The zero-order valence-electron chi connectivity index (χ0n) is 5.39. The van der Waals surface area contributed by atoms with E-state index in [0.29, 0.717) is 6.08 Å². The van der Waals surface area contributed by atoms with E-state index >= 15 is 0 Å². The van der Waals surface area contributed by atoms with Crippen LogP contribution in [0.15, 0.2) is 24.8 Å². The largest absolute Gasteiger partial charge is 0.421 e. The zero-order valence-corrected chi connectivity index (χ0v) is 5.39. The highest BCUT2D eigenvalue weighted by atomic mass is 19.2. The topological polar surface area (TPSA) is 26.3 Å². The van der Waals surface area contributed by atoms with Crippen molar-refractivity contribution in [3.63, 3.8) is 0 Å². The molecule has 1 atom stereocenters. The summed E-state index contributed by atoms with van der Waals surface area (Å²) < 4.78 is 38.7. The van der Waals surface area contributed by atoms with Crippen molar-refractivity contribution >= 4 is 5.97 Å². The van der Waals surface area contributed by atoms with Crippen molar-refractivity contribution in [2.24, 2.45) is 0 Å². The molecule has 0 amide bonds. The van der Waals surface area contributed by atoms with Crippen molar-refractivity contribution in [2.45, 2.75) is 6.36 Å². The number of esters is 1. The first-order valence-electron chi connectivity index (χ1n) is 2.54. The third-order valence-corrected chi connectivity index (χ3v) is 0.707. The fraction of sp³-hybridized carbons (Fsp3) is 0.167. The van der Waals surface area contributed by atoms with Gasteiger partial charge < -0.3 is 4.74 Å². The van der Waals surface area contributed by atoms with Gasteiger partial charge in [0.25, 0.3) is 6.36 Å². The van der Waals surface area contributed by atoms with E-state index in [-0.39, 0.29) is 0 Å². The van der Waals surface area contributed by atoms with Gasteiger partial charge >= 0.3 is 5.97 Å². The van der Waals surface area contributed by atoms with E-state index in [4.69, 9.17) is 0 Å². The molecule has 0 aliphatic rings. The fourth-order valence-electron chi connectivity index (χ4n) is 0.256. The molecule has 1 unspecified atom stereocenters. The summed E-state index contributed by atoms with van der Waals surface area (Å²) in [7, 11) is 0. The van der Waals surface area contributed by atoms with Crippen molar-refractivity contribution in [1.82, 2.24) is 0 Å². The summed E-state index contributed by atoms with van der Waals surface area (Å²) in [4.78, 5) is 10.1. The van der Waals surface area contributed by atoms with Crippen molar-refractivity contribution in [3.8, 4) is 0 Å². The Hall–Kier alpha value is -1.26. The van der Waals surface area contributed by atoms with Crippen LogP contribution in [0.3, 0.4) is 0 Å². The average Bonchev–Trinajstić information content (AvgIpc) is 2.02. The Bertz CT molecular complexity index is 188. The van der Waals surface area contributed by atoms with Gasteiger partial charge in [0.2, 0.25) is 5.83 Å². The normalized spacial score (nSPS) is 13.9. The lowest BCUT2D eigenvalue weighted by Crippen LogP contribution is -2.11. The molecule has 0 heterocycles. The first-order valence-corrected chi connectivity index (χ1v) is 2.54. The SMILES string of the molecule is C=CC(=O)OC(F)C(F)=CF. The first kappa shape index (κ1) is 9.74. The molecular weight excluding hydrogens is 161 g/mol. The van der Waals surface area contributed by atoms with Crippen LogP contribution in [-0.4, -0.2) is 12.3 Å². The molecule has 0 spiro atoms. The number of hydrogen-bond acceptors (Lipinski definition) is 2. The lowest BCUT2D eigenvalue weighted by atomic mass is 10.6. The molecule has 0 N–H and O–H groups in total. The Balaban J connectivity index is 3.96. The number of rotatable bonds is 3. The summed E-state index contributed by atoms with van der Waals surface area (Å²) >= 11 is 0. The molecule has 0 aliphatic heterocycles. The Labute approximate surface area is 61.0 Å². The predicted octanol–water partition coefficient (Wildman–Crippen LogP) is 1.79. The number of carbonyl (C=O) groups excluding carboxylic acids is 1. The maximum absolute atomic E-state index is 12.1. The monoisotopic (exact) mass is 166 g/mol. The number of carbonyl (C=O) groups is 1. The molecule has 0 aromatic carbocycles. The van der Waals surface area contributed by atoms with Crippen molar-refractivity contribution < 1.29 is 22.7 Å². The molecule has 0 bridgehead atoms. The maximum atomic E-state index is 12.1. The number of halogens is 3. The van der Waals surface area contributed by atoms with Crippen molar-refractivity contribution in [1.29, 1.82) is 0 Å². The lowest BCUT2D eigenvalue weighted by molar-refractivity contribution is -0.149. The third kappa shape index (κ3) is 3.44. The molecule has 0 rings (SSSR count). The van der Waals surface area contributed by atoms with Crippen LogP contribution >= 0.6 is 0 Å². The summed E-state index contributed by atoms with van der Waals surface area (Å²) in [5.41, 5.74) is 0. The van der Waals surface area contributed by atoms with Gasteiger partial charge in [-0.2, -0.15) is 4.39 Å². The van der Waals surface area contributed by atoms with Crippen LogP contribution in [0.25, 0.3) is 0 Å². The van der Waals surface area contributed by atoms with Crippen LogP contribution in [0.4, 0.5) is 13.2 Å². The van der Waals surface area contributed by atoms with Gasteiger partial charge in [0.1, 0.15) is 6.33 Å². The van der Waals surface area contributed by atoms with Crippen LogP contribution in [0.2, 0.25) is 0 Å². The molecule has 2 nitrogen and oxygen atoms in total. The quantitative estimate of drug-likeness (QED) is 0.472. The second-order valence-corrected chi connectivity index (χ2v) is 1.45. The molecule has 0 saturated carbocycles. The van der Waals surface area contributed by atoms with Gasteiger partial charge in [-0.25, -0.2) is 13.6 Å². The van der Waals surface area contributed by atoms with Crippen LogP contribution in [0, 0.1) is 0 Å². The van der Waals surface area contributed by atoms with Crippen LogP contribution < -0.4 is 0 Å². The highest BCUT2D eigenvalue weighted by molar-refractivity contribution is 5.81. The van der Waals surface area contributed by atoms with Gasteiger partial charge in [-0.1, -0.05) is 6.58 Å². The summed E-state index contributed by atoms with van der Waals surface area (Å²) in [5.74, 6) is -2.95. The van der Waals surface area contributed by atoms with E-state index in [0.717, 1.165) is 0 Å². The summed E-state index contributed by atoms with van der Waals surface area (Å²) in [6.45, 7) is 2.92. The van der Waals surface area contributed by atoms with Gasteiger partial charge in [0.15, 0.2) is 0 Å². The smallest absolute Gasteiger partial charge is 0.333 e. The molecule has 11 heavy (non-hydrogen) atoms. The number of hydrogen-bond donors (Lipinski definition) is 0. The number of alkyl halides is 1. The molecule has 0 aromatic heterocycles. The molecule has 0 aliphatic carbocycles. The summed E-state index contributed by atoms with van der Waals surface area (Å²) in [6, 6.07) is 0. The van der Waals surface area contributed by atoms with Crippen molar-refractivity contribution in [2.75, 3.05) is 0 Å². The Morgan fingerprint density at radius 3 is 2.55 bits per heavy atom. The maximum Gasteiger partial charge on any atom is 0.333 e. The molecule has 62 valence electrons. The molecule has 0 saturated heterocycles. The van der Waals surface area contributed by atoms with Crippen molar-refractivity contribution in [3.05, 3.63) is 24.8 Å². The fourth-order valence-corrected chi connectivity index (χ4v) is 0.256. The lowest BCUT2D eigenvalue weighted by Gasteiger charge is -2.03.